The van der Waals surface area contributed by atoms with Gasteiger partial charge in [-0.15, -0.1) is 24.8 Å². The number of carbonyl (C=O) groups is 1. The molecule has 1 aromatic heterocycles. The van der Waals surface area contributed by atoms with E-state index in [0.717, 1.165) is 12.2 Å². The van der Waals surface area contributed by atoms with Crippen molar-refractivity contribution < 1.29 is 4.79 Å². The number of hydrogen-bond donors (Lipinski definition) is 2. The van der Waals surface area contributed by atoms with Gasteiger partial charge in [-0.1, -0.05) is 18.6 Å². The van der Waals surface area contributed by atoms with Gasteiger partial charge >= 0.3 is 0 Å². The van der Waals surface area contributed by atoms with E-state index in [2.05, 4.69) is 15.6 Å². The van der Waals surface area contributed by atoms with Gasteiger partial charge in [0.05, 0.1) is 0 Å². The Balaban J connectivity index is 0.00000132. The second-order valence-electron chi connectivity index (χ2n) is 5.31. The summed E-state index contributed by atoms with van der Waals surface area (Å²) in [5.41, 5.74) is 2.69. The number of pyridine rings is 1. The van der Waals surface area contributed by atoms with E-state index in [1.54, 1.807) is 24.5 Å². The highest BCUT2D eigenvalue weighted by Crippen LogP contribution is 2.23. The molecule has 1 unspecified atom stereocenters. The second kappa shape index (κ2) is 9.50. The van der Waals surface area contributed by atoms with Gasteiger partial charge in [0.1, 0.15) is 0 Å². The van der Waals surface area contributed by atoms with Crippen molar-refractivity contribution in [3.8, 4) is 0 Å². The zero-order valence-corrected chi connectivity index (χ0v) is 14.3. The second-order valence-corrected chi connectivity index (χ2v) is 5.31. The van der Waals surface area contributed by atoms with Gasteiger partial charge in [0.25, 0.3) is 5.91 Å². The molecule has 1 aliphatic heterocycles. The molecular weight excluding hydrogens is 333 g/mol. The van der Waals surface area contributed by atoms with E-state index in [4.69, 9.17) is 0 Å². The van der Waals surface area contributed by atoms with Crippen LogP contribution in [0.4, 0.5) is 5.69 Å². The van der Waals surface area contributed by atoms with Crippen molar-refractivity contribution in [2.24, 2.45) is 0 Å². The number of carbonyl (C=O) groups excluding carboxylic acids is 1. The summed E-state index contributed by atoms with van der Waals surface area (Å²) in [7, 11) is 0. The standard InChI is InChI=1S/C17H19N3O.2ClH/c21-17(20-15-8-11-18-12-9-15)14-6-4-13(5-7-14)16-3-1-2-10-19-16;;/h4-9,11-12,16,19H,1-3,10H2,(H,18,20,21);2*1H. The minimum Gasteiger partial charge on any atom is -0.322 e. The monoisotopic (exact) mass is 353 g/mol. The summed E-state index contributed by atoms with van der Waals surface area (Å²) >= 11 is 0. The van der Waals surface area contributed by atoms with Crippen LogP contribution in [0.5, 0.6) is 0 Å². The van der Waals surface area contributed by atoms with Crippen LogP contribution in [0.2, 0.25) is 0 Å². The number of halogens is 2. The van der Waals surface area contributed by atoms with E-state index < -0.39 is 0 Å². The first-order valence-electron chi connectivity index (χ1n) is 7.38. The van der Waals surface area contributed by atoms with Crippen LogP contribution in [0, 0.1) is 0 Å². The van der Waals surface area contributed by atoms with Gasteiger partial charge in [-0.25, -0.2) is 0 Å². The number of amides is 1. The molecule has 0 saturated carbocycles. The molecule has 6 heteroatoms. The molecule has 1 aliphatic rings. The van der Waals surface area contributed by atoms with Gasteiger partial charge in [-0.3, -0.25) is 9.78 Å². The van der Waals surface area contributed by atoms with E-state index in [9.17, 15) is 4.79 Å². The Morgan fingerprint density at radius 1 is 1.04 bits per heavy atom. The van der Waals surface area contributed by atoms with Gasteiger partial charge in [-0.2, -0.15) is 0 Å². The van der Waals surface area contributed by atoms with Crippen LogP contribution in [0.3, 0.4) is 0 Å². The fraction of sp³-hybridized carbons (Fsp3) is 0.294. The zero-order valence-electron chi connectivity index (χ0n) is 12.7. The fourth-order valence-corrected chi connectivity index (χ4v) is 2.64. The summed E-state index contributed by atoms with van der Waals surface area (Å²) in [6.07, 6.45) is 7.01. The maximum atomic E-state index is 12.2. The van der Waals surface area contributed by atoms with Gasteiger partial charge in [0, 0.05) is 29.7 Å². The molecule has 124 valence electrons. The molecular formula is C17H21Cl2N3O. The zero-order chi connectivity index (χ0) is 14.5. The number of nitrogens with one attached hydrogen (secondary N) is 2. The number of rotatable bonds is 3. The van der Waals surface area contributed by atoms with Crippen LogP contribution in [0.15, 0.2) is 48.8 Å². The Morgan fingerprint density at radius 3 is 2.35 bits per heavy atom. The van der Waals surface area contributed by atoms with Crippen molar-refractivity contribution >= 4 is 36.4 Å². The molecule has 1 saturated heterocycles. The number of anilines is 1. The topological polar surface area (TPSA) is 54.0 Å². The summed E-state index contributed by atoms with van der Waals surface area (Å²) < 4.78 is 0. The molecule has 0 radical (unpaired) electrons. The van der Waals surface area contributed by atoms with Gasteiger partial charge in [0.15, 0.2) is 0 Å². The minimum atomic E-state index is -0.0932. The average molecular weight is 354 g/mol. The number of nitrogens with zero attached hydrogens (tertiary/aromatic N) is 1. The molecule has 2 N–H and O–H groups in total. The molecule has 1 atom stereocenters. The Kier molecular flexibility index (Phi) is 8.03. The highest BCUT2D eigenvalue weighted by molar-refractivity contribution is 6.04. The first-order valence-corrected chi connectivity index (χ1v) is 7.38. The number of aromatic nitrogens is 1. The predicted molar refractivity (Wildman–Crippen MR) is 97.7 cm³/mol. The van der Waals surface area contributed by atoms with Gasteiger partial charge < -0.3 is 10.6 Å². The molecule has 2 heterocycles. The number of hydrogen-bond acceptors (Lipinski definition) is 3. The molecule has 1 fully saturated rings. The molecule has 1 amide bonds. The SMILES string of the molecule is Cl.Cl.O=C(Nc1ccncc1)c1ccc(C2CCCCN2)cc1. The van der Waals surface area contributed by atoms with Crippen LogP contribution in [-0.4, -0.2) is 17.4 Å². The maximum Gasteiger partial charge on any atom is 0.255 e. The molecule has 3 rings (SSSR count). The van der Waals surface area contributed by atoms with E-state index in [-0.39, 0.29) is 30.7 Å². The van der Waals surface area contributed by atoms with Crippen molar-refractivity contribution in [3.05, 3.63) is 59.9 Å². The fourth-order valence-electron chi connectivity index (χ4n) is 2.64. The average Bonchev–Trinajstić information content (AvgIpc) is 2.57. The molecule has 0 bridgehead atoms. The minimum absolute atomic E-state index is 0. The summed E-state index contributed by atoms with van der Waals surface area (Å²) in [6, 6.07) is 11.9. The summed E-state index contributed by atoms with van der Waals surface area (Å²) in [5.74, 6) is -0.0932. The third-order valence-electron chi connectivity index (χ3n) is 3.82. The van der Waals surface area contributed by atoms with Crippen molar-refractivity contribution in [1.29, 1.82) is 0 Å². The van der Waals surface area contributed by atoms with Crippen molar-refractivity contribution in [3.63, 3.8) is 0 Å². The van der Waals surface area contributed by atoms with E-state index >= 15 is 0 Å². The van der Waals surface area contributed by atoms with Crippen LogP contribution in [-0.2, 0) is 0 Å². The quantitative estimate of drug-likeness (QED) is 0.876. The lowest BCUT2D eigenvalue weighted by Gasteiger charge is -2.23. The Labute approximate surface area is 148 Å². The third kappa shape index (κ3) is 5.20. The molecule has 1 aromatic carbocycles. The highest BCUT2D eigenvalue weighted by atomic mass is 35.5. The first kappa shape index (κ1) is 19.4. The summed E-state index contributed by atoms with van der Waals surface area (Å²) in [5, 5.41) is 6.38. The van der Waals surface area contributed by atoms with Crippen LogP contribution in [0.1, 0.15) is 41.2 Å². The first-order chi connectivity index (χ1) is 10.3. The lowest BCUT2D eigenvalue weighted by molar-refractivity contribution is 0.102. The van der Waals surface area contributed by atoms with Crippen molar-refractivity contribution in [1.82, 2.24) is 10.3 Å². The molecule has 0 spiro atoms. The third-order valence-corrected chi connectivity index (χ3v) is 3.82. The summed E-state index contributed by atoms with van der Waals surface area (Å²) in [4.78, 5) is 16.1. The van der Waals surface area contributed by atoms with Crippen LogP contribution >= 0.6 is 24.8 Å². The van der Waals surface area contributed by atoms with Gasteiger partial charge in [0.2, 0.25) is 0 Å². The van der Waals surface area contributed by atoms with Crippen molar-refractivity contribution in [2.45, 2.75) is 25.3 Å². The van der Waals surface area contributed by atoms with Gasteiger partial charge in [-0.05, 0) is 49.2 Å². The highest BCUT2D eigenvalue weighted by Gasteiger charge is 2.15. The van der Waals surface area contributed by atoms with E-state index in [1.807, 2.05) is 24.3 Å². The molecule has 2 aromatic rings. The van der Waals surface area contributed by atoms with Crippen LogP contribution < -0.4 is 10.6 Å². The summed E-state index contributed by atoms with van der Waals surface area (Å²) in [6.45, 7) is 1.08. The Morgan fingerprint density at radius 2 is 1.74 bits per heavy atom. The maximum absolute atomic E-state index is 12.2. The van der Waals surface area contributed by atoms with Crippen LogP contribution in [0.25, 0.3) is 0 Å². The van der Waals surface area contributed by atoms with E-state index in [1.165, 1.54) is 24.8 Å². The smallest absolute Gasteiger partial charge is 0.255 e. The predicted octanol–water partition coefficient (Wildman–Crippen LogP) is 3.99. The lowest BCUT2D eigenvalue weighted by Crippen LogP contribution is -2.26. The Bertz CT molecular complexity index is 599. The molecule has 23 heavy (non-hydrogen) atoms. The largest absolute Gasteiger partial charge is 0.322 e. The van der Waals surface area contributed by atoms with Crippen molar-refractivity contribution in [2.75, 3.05) is 11.9 Å². The number of piperidine rings is 1. The molecule has 4 nitrogen and oxygen atoms in total. The van der Waals surface area contributed by atoms with E-state index in [0.29, 0.717) is 11.6 Å². The lowest BCUT2D eigenvalue weighted by atomic mass is 9.97. The number of benzene rings is 1. The Hall–Kier alpha value is -1.62. The molecule has 0 aliphatic carbocycles. The normalized spacial score (nSPS) is 16.6.